The molecule has 0 aliphatic carbocycles. The van der Waals surface area contributed by atoms with E-state index in [1.54, 1.807) is 0 Å². The largest absolute Gasteiger partial charge is 0.396 e. The average Bonchev–Trinajstić information content (AvgIpc) is 3.24. The van der Waals surface area contributed by atoms with E-state index in [1.165, 1.54) is 30.3 Å². The normalized spacial score (nSPS) is 20.1. The second-order valence-electron chi connectivity index (χ2n) is 7.25. The number of aliphatic hydroxyl groups is 1. The first-order valence-electron chi connectivity index (χ1n) is 9.36. The van der Waals surface area contributed by atoms with Crippen LogP contribution in [-0.2, 0) is 16.0 Å². The van der Waals surface area contributed by atoms with Gasteiger partial charge in [-0.25, -0.2) is 4.39 Å². The van der Waals surface area contributed by atoms with Crippen LogP contribution in [0.2, 0.25) is 0 Å². The van der Waals surface area contributed by atoms with Gasteiger partial charge in [0.1, 0.15) is 18.0 Å². The van der Waals surface area contributed by atoms with Crippen LogP contribution in [0.1, 0.15) is 30.5 Å². The molecular weight excluding hydrogens is 406 g/mol. The second kappa shape index (κ2) is 8.47. The average molecular weight is 427 g/mol. The van der Waals surface area contributed by atoms with E-state index in [-0.39, 0.29) is 25.1 Å². The Hall–Kier alpha value is -2.88. The predicted molar refractivity (Wildman–Crippen MR) is 99.9 cm³/mol. The first kappa shape index (κ1) is 21.8. The number of aliphatic hydroxyl groups excluding tert-OH is 1. The van der Waals surface area contributed by atoms with Gasteiger partial charge in [-0.05, 0) is 54.8 Å². The predicted octanol–water partition coefficient (Wildman–Crippen LogP) is 2.39. The Bertz CT molecular complexity index is 924. The molecule has 10 heteroatoms. The molecule has 2 amide bonds. The number of aromatic nitrogens is 1. The minimum absolute atomic E-state index is 0.0367. The third-order valence-electron chi connectivity index (χ3n) is 5.10. The van der Waals surface area contributed by atoms with E-state index in [0.717, 1.165) is 6.92 Å². The SMILES string of the molecule is C[C@@H](c1cc(CCC(=O)N[C@@H]2C(=O)NC[C@H]2O)c(-c2ccc(F)cc2)[nH]1)C(F)(F)F. The van der Waals surface area contributed by atoms with Crippen molar-refractivity contribution in [1.29, 1.82) is 0 Å². The van der Waals surface area contributed by atoms with Crippen molar-refractivity contribution in [3.05, 3.63) is 47.4 Å². The van der Waals surface area contributed by atoms with Gasteiger partial charge in [-0.15, -0.1) is 0 Å². The summed E-state index contributed by atoms with van der Waals surface area (Å²) < 4.78 is 52.7. The number of H-pyrrole nitrogens is 1. The van der Waals surface area contributed by atoms with Crippen LogP contribution in [0.5, 0.6) is 0 Å². The van der Waals surface area contributed by atoms with Crippen LogP contribution in [0.15, 0.2) is 30.3 Å². The molecule has 1 aromatic heterocycles. The third-order valence-corrected chi connectivity index (χ3v) is 5.10. The number of carbonyl (C=O) groups is 2. The van der Waals surface area contributed by atoms with Gasteiger partial charge in [0.25, 0.3) is 0 Å². The third kappa shape index (κ3) is 4.81. The van der Waals surface area contributed by atoms with Crippen LogP contribution in [0, 0.1) is 5.82 Å². The highest BCUT2D eigenvalue weighted by Crippen LogP contribution is 2.36. The Balaban J connectivity index is 1.79. The minimum atomic E-state index is -4.45. The number of alkyl halides is 3. The highest BCUT2D eigenvalue weighted by atomic mass is 19.4. The summed E-state index contributed by atoms with van der Waals surface area (Å²) in [5.74, 6) is -3.25. The fourth-order valence-electron chi connectivity index (χ4n) is 3.26. The quantitative estimate of drug-likeness (QED) is 0.534. The maximum absolute atomic E-state index is 13.2. The smallest absolute Gasteiger partial charge is 0.389 e. The molecule has 162 valence electrons. The molecule has 30 heavy (non-hydrogen) atoms. The molecule has 0 radical (unpaired) electrons. The molecule has 0 saturated carbocycles. The molecule has 0 spiro atoms. The van der Waals surface area contributed by atoms with E-state index in [9.17, 15) is 32.3 Å². The first-order chi connectivity index (χ1) is 14.1. The van der Waals surface area contributed by atoms with Gasteiger partial charge in [-0.2, -0.15) is 13.2 Å². The van der Waals surface area contributed by atoms with Crippen molar-refractivity contribution in [2.45, 2.75) is 44.0 Å². The van der Waals surface area contributed by atoms with Crippen LogP contribution in [-0.4, -0.2) is 46.8 Å². The van der Waals surface area contributed by atoms with E-state index in [4.69, 9.17) is 0 Å². The second-order valence-corrected chi connectivity index (χ2v) is 7.25. The number of hydrogen-bond acceptors (Lipinski definition) is 3. The number of benzene rings is 1. The molecule has 3 rings (SSSR count). The molecule has 1 fully saturated rings. The molecule has 1 aromatic carbocycles. The van der Waals surface area contributed by atoms with E-state index in [1.807, 2.05) is 0 Å². The molecule has 3 atom stereocenters. The molecule has 6 nitrogen and oxygen atoms in total. The number of carbonyl (C=O) groups excluding carboxylic acids is 2. The fraction of sp³-hybridized carbons (Fsp3) is 0.400. The van der Waals surface area contributed by atoms with Crippen LogP contribution < -0.4 is 10.6 Å². The van der Waals surface area contributed by atoms with Crippen molar-refractivity contribution >= 4 is 11.8 Å². The number of amides is 2. The Morgan fingerprint density at radius 2 is 1.97 bits per heavy atom. The molecule has 1 aliphatic rings. The van der Waals surface area contributed by atoms with E-state index in [0.29, 0.717) is 16.8 Å². The molecule has 0 bridgehead atoms. The van der Waals surface area contributed by atoms with E-state index >= 15 is 0 Å². The van der Waals surface area contributed by atoms with E-state index in [2.05, 4.69) is 15.6 Å². The first-order valence-corrected chi connectivity index (χ1v) is 9.36. The van der Waals surface area contributed by atoms with Gasteiger partial charge in [-0.1, -0.05) is 0 Å². The molecule has 2 aromatic rings. The number of β-amino-alcohol motifs (C(OH)–C–C–N with tert-alkyl or cyclic N) is 1. The van der Waals surface area contributed by atoms with Crippen molar-refractivity contribution in [3.8, 4) is 11.3 Å². The number of aryl methyl sites for hydroxylation is 1. The number of halogens is 4. The van der Waals surface area contributed by atoms with Crippen LogP contribution in [0.3, 0.4) is 0 Å². The summed E-state index contributed by atoms with van der Waals surface area (Å²) in [4.78, 5) is 26.6. The highest BCUT2D eigenvalue weighted by molar-refractivity contribution is 5.90. The van der Waals surface area contributed by atoms with Crippen LogP contribution >= 0.6 is 0 Å². The van der Waals surface area contributed by atoms with Crippen molar-refractivity contribution in [2.24, 2.45) is 0 Å². The summed E-state index contributed by atoms with van der Waals surface area (Å²) in [7, 11) is 0. The number of aromatic amines is 1. The summed E-state index contributed by atoms with van der Waals surface area (Å²) in [6.07, 6.45) is -5.51. The number of rotatable bonds is 6. The Morgan fingerprint density at radius 3 is 2.53 bits per heavy atom. The van der Waals surface area contributed by atoms with Gasteiger partial charge < -0.3 is 20.7 Å². The van der Waals surface area contributed by atoms with Gasteiger partial charge in [0, 0.05) is 24.4 Å². The Morgan fingerprint density at radius 1 is 1.30 bits per heavy atom. The van der Waals surface area contributed by atoms with Crippen molar-refractivity contribution in [3.63, 3.8) is 0 Å². The fourth-order valence-corrected chi connectivity index (χ4v) is 3.26. The van der Waals surface area contributed by atoms with Crippen LogP contribution in [0.25, 0.3) is 11.3 Å². The number of nitrogens with one attached hydrogen (secondary N) is 3. The maximum atomic E-state index is 13.2. The lowest BCUT2D eigenvalue weighted by Crippen LogP contribution is -2.45. The lowest BCUT2D eigenvalue weighted by molar-refractivity contribution is -0.147. The zero-order valence-electron chi connectivity index (χ0n) is 16.0. The molecule has 2 heterocycles. The summed E-state index contributed by atoms with van der Waals surface area (Å²) in [6.45, 7) is 1.06. The Kier molecular flexibility index (Phi) is 6.16. The zero-order valence-corrected chi connectivity index (χ0v) is 16.0. The van der Waals surface area contributed by atoms with E-state index < -0.39 is 41.9 Å². The van der Waals surface area contributed by atoms with Crippen molar-refractivity contribution in [2.75, 3.05) is 6.54 Å². The Labute approximate surface area is 169 Å². The molecule has 1 aliphatic heterocycles. The van der Waals surface area contributed by atoms with Crippen LogP contribution in [0.4, 0.5) is 17.6 Å². The summed E-state index contributed by atoms with van der Waals surface area (Å²) in [5, 5.41) is 14.6. The van der Waals surface area contributed by atoms with Gasteiger partial charge in [-0.3, -0.25) is 9.59 Å². The van der Waals surface area contributed by atoms with Gasteiger partial charge in [0.2, 0.25) is 11.8 Å². The molecular formula is C20H21F4N3O3. The van der Waals surface area contributed by atoms with Gasteiger partial charge in [0.05, 0.1) is 5.92 Å². The summed E-state index contributed by atoms with van der Waals surface area (Å²) >= 11 is 0. The van der Waals surface area contributed by atoms with Gasteiger partial charge in [0.15, 0.2) is 0 Å². The standard InChI is InChI=1S/C20H21F4N3O3/c1-10(20(22,23)24)14-8-12(17(26-14)11-2-5-13(21)6-3-11)4-7-16(29)27-18-15(28)9-25-19(18)30/h2-3,5-6,8,10,15,18,26,28H,4,7,9H2,1H3,(H,25,30)(H,27,29)/t10-,15+,18-/m0/s1. The molecule has 0 unspecified atom stereocenters. The summed E-state index contributed by atoms with van der Waals surface area (Å²) in [6, 6.07) is 5.56. The van der Waals surface area contributed by atoms with Crippen molar-refractivity contribution in [1.82, 2.24) is 15.6 Å². The molecule has 1 saturated heterocycles. The monoisotopic (exact) mass is 427 g/mol. The lowest BCUT2D eigenvalue weighted by Gasteiger charge is -2.13. The maximum Gasteiger partial charge on any atom is 0.396 e. The topological polar surface area (TPSA) is 94.2 Å². The van der Waals surface area contributed by atoms with Crippen molar-refractivity contribution < 1.29 is 32.3 Å². The van der Waals surface area contributed by atoms with Gasteiger partial charge >= 0.3 is 6.18 Å². The molecule has 4 N–H and O–H groups in total. The summed E-state index contributed by atoms with van der Waals surface area (Å²) in [5.41, 5.74) is 1.24. The zero-order chi connectivity index (χ0) is 22.1. The highest BCUT2D eigenvalue weighted by Gasteiger charge is 2.38. The lowest BCUT2D eigenvalue weighted by atomic mass is 10.0. The number of hydrogen-bond donors (Lipinski definition) is 4. The minimum Gasteiger partial charge on any atom is -0.389 e.